The Morgan fingerprint density at radius 3 is 2.44 bits per heavy atom. The molecule has 0 fully saturated rings. The number of rotatable bonds is 6. The van der Waals surface area contributed by atoms with Gasteiger partial charge in [0, 0.05) is 28.8 Å². The zero-order valence-electron chi connectivity index (χ0n) is 17.0. The highest BCUT2D eigenvalue weighted by Crippen LogP contribution is 2.38. The van der Waals surface area contributed by atoms with Gasteiger partial charge in [-0.1, -0.05) is 27.7 Å². The minimum absolute atomic E-state index is 0.349. The van der Waals surface area contributed by atoms with Gasteiger partial charge < -0.3 is 9.30 Å². The van der Waals surface area contributed by atoms with Gasteiger partial charge >= 0.3 is 0 Å². The van der Waals surface area contributed by atoms with E-state index in [1.165, 1.54) is 10.9 Å². The van der Waals surface area contributed by atoms with E-state index in [4.69, 9.17) is 9.72 Å². The highest BCUT2D eigenvalue weighted by atomic mass is 79.9. The molecule has 144 valence electrons. The number of ether oxygens (including phenoxy) is 1. The van der Waals surface area contributed by atoms with Gasteiger partial charge in [0.2, 0.25) is 5.88 Å². The van der Waals surface area contributed by atoms with Crippen molar-refractivity contribution in [3.8, 4) is 17.1 Å². The van der Waals surface area contributed by atoms with Crippen molar-refractivity contribution < 1.29 is 4.74 Å². The second kappa shape index (κ2) is 8.01. The SMILES string of the molecule is CCC(CC)c1cn(C)c2nc(-c3ccc(C(C)C)nc3OC)c(Br)cc12. The summed E-state index contributed by atoms with van der Waals surface area (Å²) in [6.07, 6.45) is 4.48. The van der Waals surface area contributed by atoms with Crippen LogP contribution in [0.3, 0.4) is 0 Å². The van der Waals surface area contributed by atoms with Crippen molar-refractivity contribution in [1.82, 2.24) is 14.5 Å². The van der Waals surface area contributed by atoms with Crippen LogP contribution in [0.4, 0.5) is 0 Å². The molecule has 4 nitrogen and oxygen atoms in total. The lowest BCUT2D eigenvalue weighted by Gasteiger charge is -2.13. The fraction of sp³-hybridized carbons (Fsp3) is 0.455. The van der Waals surface area contributed by atoms with E-state index in [1.54, 1.807) is 7.11 Å². The van der Waals surface area contributed by atoms with Gasteiger partial charge in [0.15, 0.2) is 0 Å². The first-order valence-corrected chi connectivity index (χ1v) is 10.4. The molecule has 0 saturated heterocycles. The smallest absolute Gasteiger partial charge is 0.222 e. The number of pyridine rings is 2. The Kier molecular flexibility index (Phi) is 5.89. The molecule has 0 aromatic carbocycles. The monoisotopic (exact) mass is 429 g/mol. The Hall–Kier alpha value is -1.88. The van der Waals surface area contributed by atoms with E-state index in [0.29, 0.717) is 17.7 Å². The molecule has 0 saturated carbocycles. The molecule has 0 aliphatic rings. The zero-order chi connectivity index (χ0) is 19.7. The van der Waals surface area contributed by atoms with E-state index in [0.717, 1.165) is 39.9 Å². The van der Waals surface area contributed by atoms with Crippen LogP contribution in [0.2, 0.25) is 0 Å². The van der Waals surface area contributed by atoms with Gasteiger partial charge in [-0.05, 0) is 64.4 Å². The number of aromatic nitrogens is 3. The average molecular weight is 430 g/mol. The zero-order valence-corrected chi connectivity index (χ0v) is 18.6. The molecule has 3 heterocycles. The summed E-state index contributed by atoms with van der Waals surface area (Å²) in [5, 5.41) is 1.22. The van der Waals surface area contributed by atoms with Crippen molar-refractivity contribution in [2.75, 3.05) is 7.11 Å². The van der Waals surface area contributed by atoms with Crippen molar-refractivity contribution in [3.05, 3.63) is 40.1 Å². The third-order valence-electron chi connectivity index (χ3n) is 5.28. The molecule has 0 aliphatic carbocycles. The first kappa shape index (κ1) is 19.9. The second-order valence-corrected chi connectivity index (χ2v) is 8.20. The second-order valence-electron chi connectivity index (χ2n) is 7.35. The molecular weight excluding hydrogens is 402 g/mol. The summed E-state index contributed by atoms with van der Waals surface area (Å²) in [4.78, 5) is 9.68. The Balaban J connectivity index is 2.20. The molecule has 0 spiro atoms. The Morgan fingerprint density at radius 1 is 1.15 bits per heavy atom. The first-order chi connectivity index (χ1) is 12.9. The van der Waals surface area contributed by atoms with Crippen molar-refractivity contribution >= 4 is 27.0 Å². The van der Waals surface area contributed by atoms with E-state index in [9.17, 15) is 0 Å². The molecule has 5 heteroatoms. The number of hydrogen-bond donors (Lipinski definition) is 0. The van der Waals surface area contributed by atoms with Crippen LogP contribution in [-0.2, 0) is 7.05 Å². The Morgan fingerprint density at radius 2 is 1.85 bits per heavy atom. The van der Waals surface area contributed by atoms with E-state index >= 15 is 0 Å². The minimum Gasteiger partial charge on any atom is -0.480 e. The van der Waals surface area contributed by atoms with Crippen LogP contribution in [0, 0.1) is 0 Å². The number of methoxy groups -OCH3 is 1. The molecule has 0 aliphatic heterocycles. The predicted octanol–water partition coefficient (Wildman–Crippen LogP) is 6.43. The van der Waals surface area contributed by atoms with Gasteiger partial charge in [0.1, 0.15) is 5.65 Å². The van der Waals surface area contributed by atoms with Gasteiger partial charge in [-0.25, -0.2) is 9.97 Å². The fourth-order valence-electron chi connectivity index (χ4n) is 3.65. The lowest BCUT2D eigenvalue weighted by Crippen LogP contribution is -2.00. The van der Waals surface area contributed by atoms with Gasteiger partial charge in [-0.15, -0.1) is 0 Å². The quantitative estimate of drug-likeness (QED) is 0.452. The minimum atomic E-state index is 0.349. The third kappa shape index (κ3) is 3.62. The van der Waals surface area contributed by atoms with Crippen LogP contribution >= 0.6 is 15.9 Å². The normalized spacial score (nSPS) is 11.7. The van der Waals surface area contributed by atoms with Crippen molar-refractivity contribution in [3.63, 3.8) is 0 Å². The molecule has 3 rings (SSSR count). The van der Waals surface area contributed by atoms with E-state index in [-0.39, 0.29) is 0 Å². The number of nitrogens with zero attached hydrogens (tertiary/aromatic N) is 3. The highest BCUT2D eigenvalue weighted by molar-refractivity contribution is 9.10. The summed E-state index contributed by atoms with van der Waals surface area (Å²) < 4.78 is 8.68. The Bertz CT molecular complexity index is 958. The van der Waals surface area contributed by atoms with Crippen LogP contribution in [0.1, 0.15) is 63.6 Å². The molecule has 0 unspecified atom stereocenters. The molecule has 0 radical (unpaired) electrons. The first-order valence-electron chi connectivity index (χ1n) is 9.61. The maximum Gasteiger partial charge on any atom is 0.222 e. The topological polar surface area (TPSA) is 39.9 Å². The predicted molar refractivity (Wildman–Crippen MR) is 116 cm³/mol. The van der Waals surface area contributed by atoms with Crippen molar-refractivity contribution in [2.45, 2.75) is 52.4 Å². The van der Waals surface area contributed by atoms with Gasteiger partial charge in [-0.3, -0.25) is 0 Å². The summed E-state index contributed by atoms with van der Waals surface area (Å²) >= 11 is 3.75. The molecular formula is C22H28BrN3O. The summed E-state index contributed by atoms with van der Waals surface area (Å²) in [5.41, 5.74) is 5.14. The van der Waals surface area contributed by atoms with Gasteiger partial charge in [0.05, 0.1) is 18.4 Å². The highest BCUT2D eigenvalue weighted by Gasteiger charge is 2.20. The number of hydrogen-bond acceptors (Lipinski definition) is 3. The third-order valence-corrected chi connectivity index (χ3v) is 5.89. The molecule has 27 heavy (non-hydrogen) atoms. The van der Waals surface area contributed by atoms with Crippen molar-refractivity contribution in [2.24, 2.45) is 7.05 Å². The van der Waals surface area contributed by atoms with Gasteiger partial charge in [-0.2, -0.15) is 0 Å². The van der Waals surface area contributed by atoms with Crippen LogP contribution < -0.4 is 4.74 Å². The fourth-order valence-corrected chi connectivity index (χ4v) is 4.19. The largest absolute Gasteiger partial charge is 0.480 e. The molecule has 0 bridgehead atoms. The average Bonchev–Trinajstić information content (AvgIpc) is 2.97. The van der Waals surface area contributed by atoms with Gasteiger partial charge in [0.25, 0.3) is 0 Å². The molecule has 3 aromatic heterocycles. The van der Waals surface area contributed by atoms with Crippen LogP contribution in [0.15, 0.2) is 28.9 Å². The molecule has 0 atom stereocenters. The molecule has 0 N–H and O–H groups in total. The van der Waals surface area contributed by atoms with Crippen LogP contribution in [-0.4, -0.2) is 21.6 Å². The molecule has 0 amide bonds. The van der Waals surface area contributed by atoms with Crippen LogP contribution in [0.5, 0.6) is 5.88 Å². The summed E-state index contributed by atoms with van der Waals surface area (Å²) in [6.45, 7) is 8.75. The lowest BCUT2D eigenvalue weighted by molar-refractivity contribution is 0.397. The van der Waals surface area contributed by atoms with E-state index in [1.807, 2.05) is 0 Å². The summed E-state index contributed by atoms with van der Waals surface area (Å²) in [5.74, 6) is 1.51. The van der Waals surface area contributed by atoms with E-state index < -0.39 is 0 Å². The maximum absolute atomic E-state index is 5.59. The lowest BCUT2D eigenvalue weighted by atomic mass is 9.94. The summed E-state index contributed by atoms with van der Waals surface area (Å²) in [6, 6.07) is 6.31. The summed E-state index contributed by atoms with van der Waals surface area (Å²) in [7, 11) is 3.73. The number of fused-ring (bicyclic) bond motifs is 1. The van der Waals surface area contributed by atoms with Crippen LogP contribution in [0.25, 0.3) is 22.3 Å². The molecule has 3 aromatic rings. The Labute approximate surface area is 170 Å². The maximum atomic E-state index is 5.59. The van der Waals surface area contributed by atoms with Crippen molar-refractivity contribution in [1.29, 1.82) is 0 Å². The number of aryl methyl sites for hydroxylation is 1. The number of halogens is 1. The van der Waals surface area contributed by atoms with E-state index in [2.05, 4.69) is 84.6 Å². The standard InChI is InChI=1S/C22H28BrN3O/c1-7-14(8-2)17-12-26(5)21-16(17)11-18(23)20(25-21)15-9-10-19(13(3)4)24-22(15)27-6/h9-14H,7-8H2,1-6H3.